The number of aromatic carboxylic acids is 1. The van der Waals surface area contributed by atoms with Gasteiger partial charge in [0.05, 0.1) is 17.1 Å². The van der Waals surface area contributed by atoms with Crippen LogP contribution in [0.5, 0.6) is 0 Å². The number of benzene rings is 1. The van der Waals surface area contributed by atoms with Crippen LogP contribution < -0.4 is 0 Å². The number of nitrogens with zero attached hydrogens (tertiary/aromatic N) is 1. The molecule has 1 aromatic rings. The van der Waals surface area contributed by atoms with Crippen LogP contribution in [0.3, 0.4) is 0 Å². The molecule has 0 saturated carbocycles. The number of hydrogen-bond acceptors (Lipinski definition) is 4. The Labute approximate surface area is 122 Å². The van der Waals surface area contributed by atoms with Crippen LogP contribution in [-0.2, 0) is 14.8 Å². The monoisotopic (exact) mass is 317 g/mol. The van der Waals surface area contributed by atoms with Crippen molar-refractivity contribution in [3.8, 4) is 0 Å². The molecule has 0 spiro atoms. The number of hydrogen-bond donors (Lipinski definition) is 1. The molecule has 0 aliphatic carbocycles. The first kappa shape index (κ1) is 15.9. The number of halogens is 1. The van der Waals surface area contributed by atoms with E-state index in [0.717, 1.165) is 12.1 Å². The zero-order valence-electron chi connectivity index (χ0n) is 11.5. The van der Waals surface area contributed by atoms with Crippen LogP contribution in [0.25, 0.3) is 0 Å². The van der Waals surface area contributed by atoms with Crippen molar-refractivity contribution in [3.63, 3.8) is 0 Å². The van der Waals surface area contributed by atoms with Crippen molar-refractivity contribution >= 4 is 16.0 Å². The molecule has 1 aliphatic rings. The summed E-state index contributed by atoms with van der Waals surface area (Å²) < 4.78 is 45.2. The van der Waals surface area contributed by atoms with Crippen molar-refractivity contribution in [3.05, 3.63) is 29.1 Å². The fourth-order valence-corrected chi connectivity index (χ4v) is 3.73. The number of carboxylic acid groups (broad SMARTS) is 1. The summed E-state index contributed by atoms with van der Waals surface area (Å²) in [6.07, 6.45) is 0.561. The Morgan fingerprint density at radius 1 is 1.33 bits per heavy atom. The molecule has 0 bridgehead atoms. The topological polar surface area (TPSA) is 83.9 Å². The third-order valence-corrected chi connectivity index (χ3v) is 5.15. The SMILES string of the molecule is Cc1cc(S(=O)(=O)N2CCCOCC2)cc(C(=O)O)c1F. The van der Waals surface area contributed by atoms with Gasteiger partial charge in [0.1, 0.15) is 5.82 Å². The Balaban J connectivity index is 2.46. The summed E-state index contributed by atoms with van der Waals surface area (Å²) >= 11 is 0. The quantitative estimate of drug-likeness (QED) is 0.907. The fraction of sp³-hybridized carbons (Fsp3) is 0.462. The summed E-state index contributed by atoms with van der Waals surface area (Å²) in [7, 11) is -3.86. The van der Waals surface area contributed by atoms with Crippen molar-refractivity contribution in [2.75, 3.05) is 26.3 Å². The van der Waals surface area contributed by atoms with E-state index >= 15 is 0 Å². The molecule has 1 heterocycles. The van der Waals surface area contributed by atoms with Crippen LogP contribution in [0.1, 0.15) is 22.3 Å². The van der Waals surface area contributed by atoms with Gasteiger partial charge in [0.15, 0.2) is 0 Å². The predicted octanol–water partition coefficient (Wildman–Crippen LogP) is 1.24. The second-order valence-corrected chi connectivity index (χ2v) is 6.71. The summed E-state index contributed by atoms with van der Waals surface area (Å²) in [5, 5.41) is 8.97. The van der Waals surface area contributed by atoms with E-state index in [2.05, 4.69) is 0 Å². The van der Waals surface area contributed by atoms with Gasteiger partial charge in [-0.25, -0.2) is 17.6 Å². The molecular weight excluding hydrogens is 301 g/mol. The van der Waals surface area contributed by atoms with Crippen molar-refractivity contribution in [2.45, 2.75) is 18.2 Å². The maximum Gasteiger partial charge on any atom is 0.338 e. The normalized spacial score (nSPS) is 17.4. The zero-order chi connectivity index (χ0) is 15.6. The molecule has 8 heteroatoms. The summed E-state index contributed by atoms with van der Waals surface area (Å²) in [4.78, 5) is 10.8. The van der Waals surface area contributed by atoms with Crippen LogP contribution in [0, 0.1) is 12.7 Å². The minimum Gasteiger partial charge on any atom is -0.478 e. The third kappa shape index (κ3) is 3.22. The number of carboxylic acids is 1. The van der Waals surface area contributed by atoms with Crippen LogP contribution in [-0.4, -0.2) is 50.1 Å². The van der Waals surface area contributed by atoms with E-state index in [1.165, 1.54) is 11.2 Å². The number of ether oxygens (including phenoxy) is 1. The van der Waals surface area contributed by atoms with E-state index in [1.54, 1.807) is 0 Å². The van der Waals surface area contributed by atoms with Crippen molar-refractivity contribution in [1.29, 1.82) is 0 Å². The summed E-state index contributed by atoms with van der Waals surface area (Å²) in [5.41, 5.74) is -0.654. The molecule has 0 atom stereocenters. The molecule has 0 radical (unpaired) electrons. The molecule has 2 rings (SSSR count). The summed E-state index contributed by atoms with van der Waals surface area (Å²) in [5.74, 6) is -2.41. The standard InChI is InChI=1S/C13H16FNO5S/c1-9-7-10(8-11(12(9)14)13(16)17)21(18,19)15-3-2-5-20-6-4-15/h7-8H,2-6H2,1H3,(H,16,17). The Morgan fingerprint density at radius 2 is 2.05 bits per heavy atom. The first-order valence-corrected chi connectivity index (χ1v) is 7.89. The maximum absolute atomic E-state index is 13.7. The molecule has 1 N–H and O–H groups in total. The van der Waals surface area contributed by atoms with Crippen LogP contribution in [0.2, 0.25) is 0 Å². The largest absolute Gasteiger partial charge is 0.478 e. The van der Waals surface area contributed by atoms with Crippen LogP contribution in [0.15, 0.2) is 17.0 Å². The van der Waals surface area contributed by atoms with E-state index in [9.17, 15) is 17.6 Å². The number of rotatable bonds is 3. The van der Waals surface area contributed by atoms with Gasteiger partial charge in [-0.1, -0.05) is 0 Å². The molecule has 0 amide bonds. The number of aryl methyl sites for hydroxylation is 1. The highest BCUT2D eigenvalue weighted by molar-refractivity contribution is 7.89. The molecule has 6 nitrogen and oxygen atoms in total. The van der Waals surface area contributed by atoms with Gasteiger partial charge in [-0.2, -0.15) is 4.31 Å². The molecule has 1 aliphatic heterocycles. The Bertz CT molecular complexity index is 651. The van der Waals surface area contributed by atoms with Gasteiger partial charge in [0.2, 0.25) is 10.0 Å². The van der Waals surface area contributed by atoms with Gasteiger partial charge >= 0.3 is 5.97 Å². The smallest absolute Gasteiger partial charge is 0.338 e. The van der Waals surface area contributed by atoms with Gasteiger partial charge < -0.3 is 9.84 Å². The molecular formula is C13H16FNO5S. The van der Waals surface area contributed by atoms with E-state index in [4.69, 9.17) is 9.84 Å². The fourth-order valence-electron chi connectivity index (χ4n) is 2.15. The minimum absolute atomic E-state index is 0.0143. The Hall–Kier alpha value is -1.51. The lowest BCUT2D eigenvalue weighted by Crippen LogP contribution is -2.33. The first-order valence-electron chi connectivity index (χ1n) is 6.45. The summed E-state index contributed by atoms with van der Waals surface area (Å²) in [6, 6.07) is 2.02. The first-order chi connectivity index (χ1) is 9.84. The van der Waals surface area contributed by atoms with Gasteiger partial charge in [-0.05, 0) is 31.0 Å². The summed E-state index contributed by atoms with van der Waals surface area (Å²) in [6.45, 7) is 2.59. The Morgan fingerprint density at radius 3 is 2.71 bits per heavy atom. The molecule has 0 aromatic heterocycles. The van der Waals surface area contributed by atoms with Gasteiger partial charge in [-0.15, -0.1) is 0 Å². The van der Waals surface area contributed by atoms with Gasteiger partial charge in [0.25, 0.3) is 0 Å². The molecule has 1 saturated heterocycles. The highest BCUT2D eigenvalue weighted by Gasteiger charge is 2.28. The van der Waals surface area contributed by atoms with Crippen molar-refractivity contribution < 1.29 is 27.4 Å². The molecule has 116 valence electrons. The van der Waals surface area contributed by atoms with Gasteiger partial charge in [-0.3, -0.25) is 0 Å². The highest BCUT2D eigenvalue weighted by Crippen LogP contribution is 2.23. The lowest BCUT2D eigenvalue weighted by Gasteiger charge is -2.20. The average Bonchev–Trinajstić information content (AvgIpc) is 2.70. The molecule has 1 aromatic carbocycles. The lowest BCUT2D eigenvalue weighted by atomic mass is 10.1. The van der Waals surface area contributed by atoms with E-state index in [-0.39, 0.29) is 23.6 Å². The maximum atomic E-state index is 13.7. The average molecular weight is 317 g/mol. The zero-order valence-corrected chi connectivity index (χ0v) is 12.3. The van der Waals surface area contributed by atoms with Crippen LogP contribution in [0.4, 0.5) is 4.39 Å². The van der Waals surface area contributed by atoms with E-state index in [1.807, 2.05) is 0 Å². The molecule has 0 unspecified atom stereocenters. The minimum atomic E-state index is -3.86. The number of carbonyl (C=O) groups is 1. The van der Waals surface area contributed by atoms with Gasteiger partial charge in [0, 0.05) is 19.7 Å². The Kier molecular flexibility index (Phi) is 4.60. The van der Waals surface area contributed by atoms with Crippen LogP contribution >= 0.6 is 0 Å². The predicted molar refractivity (Wildman–Crippen MR) is 72.3 cm³/mol. The van der Waals surface area contributed by atoms with E-state index in [0.29, 0.717) is 19.6 Å². The number of sulfonamides is 1. The second kappa shape index (κ2) is 6.08. The van der Waals surface area contributed by atoms with E-state index < -0.39 is 27.4 Å². The molecule has 21 heavy (non-hydrogen) atoms. The molecule has 1 fully saturated rings. The van der Waals surface area contributed by atoms with Crippen molar-refractivity contribution in [1.82, 2.24) is 4.31 Å². The van der Waals surface area contributed by atoms with Crippen molar-refractivity contribution in [2.24, 2.45) is 0 Å². The lowest BCUT2D eigenvalue weighted by molar-refractivity contribution is 0.0691. The third-order valence-electron chi connectivity index (χ3n) is 3.28. The second-order valence-electron chi connectivity index (χ2n) is 4.78. The highest BCUT2D eigenvalue weighted by atomic mass is 32.2.